The monoisotopic (exact) mass is 332 g/mol. The molecule has 0 N–H and O–H groups in total. The summed E-state index contributed by atoms with van der Waals surface area (Å²) in [5, 5.41) is 0. The van der Waals surface area contributed by atoms with E-state index in [1.165, 1.54) is 49.0 Å². The first kappa shape index (κ1) is 17.6. The van der Waals surface area contributed by atoms with Gasteiger partial charge in [0.05, 0.1) is 14.2 Å². The first-order valence-corrected chi connectivity index (χ1v) is 9.39. The SMILES string of the molecule is CCN1Cc2c(OC)cc(CN3CCCCC3)c(OC)c2CC1C. The molecule has 4 heteroatoms. The Balaban J connectivity index is 1.96. The number of methoxy groups -OCH3 is 2. The summed E-state index contributed by atoms with van der Waals surface area (Å²) < 4.78 is 11.7. The molecule has 1 unspecified atom stereocenters. The summed E-state index contributed by atoms with van der Waals surface area (Å²) in [5.41, 5.74) is 3.96. The topological polar surface area (TPSA) is 24.9 Å². The number of ether oxygens (including phenoxy) is 2. The van der Waals surface area contributed by atoms with Gasteiger partial charge < -0.3 is 9.47 Å². The van der Waals surface area contributed by atoms with Gasteiger partial charge in [-0.1, -0.05) is 13.3 Å². The van der Waals surface area contributed by atoms with Gasteiger partial charge in [0.25, 0.3) is 0 Å². The number of nitrogens with zero attached hydrogens (tertiary/aromatic N) is 2. The fourth-order valence-corrected chi connectivity index (χ4v) is 4.30. The van der Waals surface area contributed by atoms with E-state index >= 15 is 0 Å². The number of benzene rings is 1. The highest BCUT2D eigenvalue weighted by atomic mass is 16.5. The van der Waals surface area contributed by atoms with Crippen molar-refractivity contribution in [2.24, 2.45) is 0 Å². The van der Waals surface area contributed by atoms with Crippen LogP contribution in [-0.2, 0) is 19.5 Å². The predicted molar refractivity (Wildman–Crippen MR) is 97.9 cm³/mol. The molecule has 0 amide bonds. The lowest BCUT2D eigenvalue weighted by molar-refractivity contribution is 0.187. The fraction of sp³-hybridized carbons (Fsp3) is 0.700. The van der Waals surface area contributed by atoms with Crippen molar-refractivity contribution in [3.63, 3.8) is 0 Å². The molecule has 0 saturated carbocycles. The van der Waals surface area contributed by atoms with E-state index in [9.17, 15) is 0 Å². The molecule has 2 heterocycles. The molecule has 0 spiro atoms. The third-order valence-corrected chi connectivity index (χ3v) is 5.69. The highest BCUT2D eigenvalue weighted by Gasteiger charge is 2.29. The zero-order chi connectivity index (χ0) is 17.1. The Hall–Kier alpha value is -1.26. The Morgan fingerprint density at radius 1 is 1.08 bits per heavy atom. The van der Waals surface area contributed by atoms with Crippen LogP contribution < -0.4 is 9.47 Å². The normalized spacial score (nSPS) is 22.2. The molecule has 1 aromatic carbocycles. The lowest BCUT2D eigenvalue weighted by atomic mass is 9.90. The molecule has 0 bridgehead atoms. The van der Waals surface area contributed by atoms with Crippen molar-refractivity contribution in [2.45, 2.75) is 58.7 Å². The summed E-state index contributed by atoms with van der Waals surface area (Å²) >= 11 is 0. The number of rotatable bonds is 5. The largest absolute Gasteiger partial charge is 0.496 e. The van der Waals surface area contributed by atoms with Crippen LogP contribution in [0.15, 0.2) is 6.07 Å². The number of hydrogen-bond donors (Lipinski definition) is 0. The molecule has 1 saturated heterocycles. The predicted octanol–water partition coefficient (Wildman–Crippen LogP) is 3.46. The molecule has 3 rings (SSSR count). The van der Waals surface area contributed by atoms with Crippen LogP contribution in [0.25, 0.3) is 0 Å². The molecular weight excluding hydrogens is 300 g/mol. The van der Waals surface area contributed by atoms with E-state index in [2.05, 4.69) is 29.7 Å². The number of likely N-dealkylation sites (N-methyl/N-ethyl adjacent to an activating group) is 1. The minimum absolute atomic E-state index is 0.548. The van der Waals surface area contributed by atoms with Gasteiger partial charge in [0.1, 0.15) is 11.5 Å². The van der Waals surface area contributed by atoms with Crippen molar-refractivity contribution >= 4 is 0 Å². The summed E-state index contributed by atoms with van der Waals surface area (Å²) in [4.78, 5) is 5.06. The molecule has 2 aliphatic heterocycles. The molecule has 1 fully saturated rings. The minimum Gasteiger partial charge on any atom is -0.496 e. The minimum atomic E-state index is 0.548. The first-order valence-electron chi connectivity index (χ1n) is 9.39. The second kappa shape index (κ2) is 7.75. The van der Waals surface area contributed by atoms with E-state index in [1.54, 1.807) is 7.11 Å². The van der Waals surface area contributed by atoms with Gasteiger partial charge in [-0.25, -0.2) is 0 Å². The molecule has 24 heavy (non-hydrogen) atoms. The number of hydrogen-bond acceptors (Lipinski definition) is 4. The molecule has 0 radical (unpaired) electrons. The van der Waals surface area contributed by atoms with Crippen molar-refractivity contribution < 1.29 is 9.47 Å². The van der Waals surface area contributed by atoms with Gasteiger partial charge in [-0.2, -0.15) is 0 Å². The van der Waals surface area contributed by atoms with Crippen molar-refractivity contribution in [3.05, 3.63) is 22.8 Å². The van der Waals surface area contributed by atoms with E-state index in [0.29, 0.717) is 6.04 Å². The molecular formula is C20H32N2O2. The van der Waals surface area contributed by atoms with Crippen molar-refractivity contribution in [1.29, 1.82) is 0 Å². The maximum Gasteiger partial charge on any atom is 0.127 e. The average molecular weight is 332 g/mol. The molecule has 1 atom stereocenters. The Morgan fingerprint density at radius 2 is 1.83 bits per heavy atom. The number of fused-ring (bicyclic) bond motifs is 1. The Morgan fingerprint density at radius 3 is 2.46 bits per heavy atom. The Labute approximate surface area is 146 Å². The maximum absolute atomic E-state index is 5.90. The van der Waals surface area contributed by atoms with E-state index in [0.717, 1.165) is 37.6 Å². The summed E-state index contributed by atoms with van der Waals surface area (Å²) in [6, 6.07) is 2.77. The van der Waals surface area contributed by atoms with Crippen LogP contribution in [-0.4, -0.2) is 49.7 Å². The van der Waals surface area contributed by atoms with E-state index in [1.807, 2.05) is 7.11 Å². The van der Waals surface area contributed by atoms with Crippen molar-refractivity contribution in [3.8, 4) is 11.5 Å². The van der Waals surface area contributed by atoms with Gasteiger partial charge in [0.2, 0.25) is 0 Å². The Bertz CT molecular complexity index is 567. The fourth-order valence-electron chi connectivity index (χ4n) is 4.30. The van der Waals surface area contributed by atoms with Crippen LogP contribution >= 0.6 is 0 Å². The van der Waals surface area contributed by atoms with E-state index in [4.69, 9.17) is 9.47 Å². The lowest BCUT2D eigenvalue weighted by Gasteiger charge is -2.36. The van der Waals surface area contributed by atoms with Crippen LogP contribution in [0.3, 0.4) is 0 Å². The van der Waals surface area contributed by atoms with Gasteiger partial charge >= 0.3 is 0 Å². The second-order valence-electron chi connectivity index (χ2n) is 7.18. The first-order chi connectivity index (χ1) is 11.7. The Kier molecular flexibility index (Phi) is 5.67. The standard InChI is InChI=1S/C20H32N2O2/c1-5-22-14-18-17(11-15(22)2)20(24-4)16(12-19(18)23-3)13-21-9-7-6-8-10-21/h12,15H,5-11,13-14H2,1-4H3. The smallest absolute Gasteiger partial charge is 0.127 e. The molecule has 4 nitrogen and oxygen atoms in total. The van der Waals surface area contributed by atoms with Gasteiger partial charge in [0, 0.05) is 35.8 Å². The quantitative estimate of drug-likeness (QED) is 0.824. The molecule has 1 aromatic rings. The van der Waals surface area contributed by atoms with Gasteiger partial charge in [-0.05, 0) is 51.9 Å². The van der Waals surface area contributed by atoms with E-state index < -0.39 is 0 Å². The van der Waals surface area contributed by atoms with Gasteiger partial charge in [-0.15, -0.1) is 0 Å². The summed E-state index contributed by atoms with van der Waals surface area (Å²) in [6.07, 6.45) is 5.03. The van der Waals surface area contributed by atoms with Crippen LogP contribution in [0, 0.1) is 0 Å². The van der Waals surface area contributed by atoms with Crippen LogP contribution in [0.5, 0.6) is 11.5 Å². The van der Waals surface area contributed by atoms with Crippen LogP contribution in [0.2, 0.25) is 0 Å². The third kappa shape index (κ3) is 3.40. The summed E-state index contributed by atoms with van der Waals surface area (Å²) in [5.74, 6) is 2.13. The van der Waals surface area contributed by atoms with Crippen molar-refractivity contribution in [2.75, 3.05) is 33.9 Å². The molecule has 2 aliphatic rings. The molecule has 134 valence electrons. The van der Waals surface area contributed by atoms with Gasteiger partial charge in [0.15, 0.2) is 0 Å². The third-order valence-electron chi connectivity index (χ3n) is 5.69. The molecule has 0 aromatic heterocycles. The summed E-state index contributed by atoms with van der Waals surface area (Å²) in [6.45, 7) is 9.94. The maximum atomic E-state index is 5.90. The molecule has 0 aliphatic carbocycles. The lowest BCUT2D eigenvalue weighted by Crippen LogP contribution is -2.38. The average Bonchev–Trinajstić information content (AvgIpc) is 2.61. The van der Waals surface area contributed by atoms with Gasteiger partial charge in [-0.3, -0.25) is 9.80 Å². The number of piperidine rings is 1. The van der Waals surface area contributed by atoms with E-state index in [-0.39, 0.29) is 0 Å². The highest BCUT2D eigenvalue weighted by Crippen LogP contribution is 2.40. The zero-order valence-corrected chi connectivity index (χ0v) is 15.7. The van der Waals surface area contributed by atoms with Crippen LogP contribution in [0.4, 0.5) is 0 Å². The number of likely N-dealkylation sites (tertiary alicyclic amines) is 1. The second-order valence-corrected chi connectivity index (χ2v) is 7.18. The highest BCUT2D eigenvalue weighted by molar-refractivity contribution is 5.55. The summed E-state index contributed by atoms with van der Waals surface area (Å²) in [7, 11) is 3.61. The van der Waals surface area contributed by atoms with Crippen LogP contribution in [0.1, 0.15) is 49.8 Å². The van der Waals surface area contributed by atoms with Crippen molar-refractivity contribution in [1.82, 2.24) is 9.80 Å². The zero-order valence-electron chi connectivity index (χ0n) is 15.7.